The van der Waals surface area contributed by atoms with Crippen LogP contribution in [0.15, 0.2) is 71.3 Å². The van der Waals surface area contributed by atoms with Crippen molar-refractivity contribution in [2.45, 2.75) is 30.0 Å². The van der Waals surface area contributed by atoms with Crippen molar-refractivity contribution >= 4 is 39.3 Å². The average molecular weight is 421 g/mol. The van der Waals surface area contributed by atoms with E-state index in [0.29, 0.717) is 12.8 Å². The number of aryl methyl sites for hydroxylation is 2. The standard InChI is InChI=1S/C23H20N2O2S2/c1-15-7-9-16(10-8-15)11-12-19(23(26)27)29-22-20-18(17-5-3-2-4-6-17)13-28-21(20)24-14-25-22/h2-10,13-14,19H,11-12H2,1H3,(H,26,27). The fraction of sp³-hybridized carbons (Fsp3) is 0.174. The van der Waals surface area contributed by atoms with Gasteiger partial charge in [-0.2, -0.15) is 0 Å². The third-order valence-corrected chi connectivity index (χ3v) is 6.91. The molecule has 0 aliphatic heterocycles. The summed E-state index contributed by atoms with van der Waals surface area (Å²) in [4.78, 5) is 21.7. The molecule has 6 heteroatoms. The molecule has 0 bridgehead atoms. The first-order chi connectivity index (χ1) is 14.1. The maximum atomic E-state index is 11.9. The molecule has 0 fully saturated rings. The number of carbonyl (C=O) groups is 1. The Morgan fingerprint density at radius 3 is 2.59 bits per heavy atom. The summed E-state index contributed by atoms with van der Waals surface area (Å²) in [5.41, 5.74) is 4.49. The van der Waals surface area contributed by atoms with E-state index in [0.717, 1.165) is 31.9 Å². The Morgan fingerprint density at radius 2 is 1.86 bits per heavy atom. The fourth-order valence-electron chi connectivity index (χ4n) is 3.19. The number of nitrogens with zero attached hydrogens (tertiary/aromatic N) is 2. The largest absolute Gasteiger partial charge is 0.480 e. The number of thiophene rings is 1. The molecule has 0 radical (unpaired) electrons. The second-order valence-corrected chi connectivity index (χ2v) is 8.89. The van der Waals surface area contributed by atoms with E-state index in [9.17, 15) is 9.90 Å². The molecule has 2 heterocycles. The highest BCUT2D eigenvalue weighted by molar-refractivity contribution is 8.00. The van der Waals surface area contributed by atoms with Crippen LogP contribution in [0, 0.1) is 6.92 Å². The Hall–Kier alpha value is -2.70. The van der Waals surface area contributed by atoms with E-state index in [4.69, 9.17) is 0 Å². The van der Waals surface area contributed by atoms with Gasteiger partial charge in [0, 0.05) is 10.9 Å². The van der Waals surface area contributed by atoms with Crippen LogP contribution in [0.4, 0.5) is 0 Å². The predicted molar refractivity (Wildman–Crippen MR) is 120 cm³/mol. The van der Waals surface area contributed by atoms with E-state index in [1.807, 2.05) is 25.1 Å². The van der Waals surface area contributed by atoms with E-state index in [1.165, 1.54) is 23.7 Å². The molecule has 1 N–H and O–H groups in total. The second-order valence-electron chi connectivity index (χ2n) is 6.84. The van der Waals surface area contributed by atoms with Crippen molar-refractivity contribution in [1.29, 1.82) is 0 Å². The van der Waals surface area contributed by atoms with Crippen LogP contribution in [0.2, 0.25) is 0 Å². The van der Waals surface area contributed by atoms with Crippen LogP contribution in [-0.4, -0.2) is 26.3 Å². The summed E-state index contributed by atoms with van der Waals surface area (Å²) in [5.74, 6) is -0.814. The quantitative estimate of drug-likeness (QED) is 0.300. The number of thioether (sulfide) groups is 1. The Morgan fingerprint density at radius 1 is 1.10 bits per heavy atom. The van der Waals surface area contributed by atoms with Crippen LogP contribution < -0.4 is 0 Å². The Bertz CT molecular complexity index is 1120. The molecule has 2 aromatic carbocycles. The third-order valence-electron chi connectivity index (χ3n) is 4.77. The zero-order valence-corrected chi connectivity index (χ0v) is 17.5. The number of benzene rings is 2. The minimum Gasteiger partial charge on any atom is -0.480 e. The second kappa shape index (κ2) is 8.76. The molecule has 4 nitrogen and oxygen atoms in total. The van der Waals surface area contributed by atoms with Crippen molar-refractivity contribution in [3.05, 3.63) is 77.4 Å². The topological polar surface area (TPSA) is 63.1 Å². The molecule has 29 heavy (non-hydrogen) atoms. The molecular formula is C23H20N2O2S2. The first-order valence-corrected chi connectivity index (χ1v) is 11.1. The van der Waals surface area contributed by atoms with E-state index in [1.54, 1.807) is 11.3 Å². The van der Waals surface area contributed by atoms with Gasteiger partial charge < -0.3 is 5.11 Å². The molecule has 2 aromatic heterocycles. The van der Waals surface area contributed by atoms with Gasteiger partial charge in [0.25, 0.3) is 0 Å². The van der Waals surface area contributed by atoms with Crippen molar-refractivity contribution in [2.24, 2.45) is 0 Å². The molecular weight excluding hydrogens is 400 g/mol. The number of fused-ring (bicyclic) bond motifs is 1. The first kappa shape index (κ1) is 19.6. The molecule has 0 aliphatic carbocycles. The van der Waals surface area contributed by atoms with E-state index < -0.39 is 11.2 Å². The summed E-state index contributed by atoms with van der Waals surface area (Å²) >= 11 is 2.88. The average Bonchev–Trinajstić information content (AvgIpc) is 3.18. The minimum absolute atomic E-state index is 0.541. The van der Waals surface area contributed by atoms with Gasteiger partial charge in [-0.05, 0) is 30.9 Å². The van der Waals surface area contributed by atoms with Gasteiger partial charge in [-0.15, -0.1) is 11.3 Å². The first-order valence-electron chi connectivity index (χ1n) is 9.34. The van der Waals surface area contributed by atoms with Gasteiger partial charge in [-0.3, -0.25) is 4.79 Å². The number of hydrogen-bond acceptors (Lipinski definition) is 5. The van der Waals surface area contributed by atoms with E-state index in [2.05, 4.69) is 51.7 Å². The zero-order chi connectivity index (χ0) is 20.2. The van der Waals surface area contributed by atoms with Crippen LogP contribution in [0.1, 0.15) is 17.5 Å². The molecule has 0 saturated carbocycles. The predicted octanol–water partition coefficient (Wildman–Crippen LogP) is 5.84. The van der Waals surface area contributed by atoms with Crippen molar-refractivity contribution in [3.8, 4) is 11.1 Å². The summed E-state index contributed by atoms with van der Waals surface area (Å²) in [5, 5.41) is 13.0. The molecule has 146 valence electrons. The molecule has 4 rings (SSSR count). The Kier molecular flexibility index (Phi) is 5.92. The van der Waals surface area contributed by atoms with Crippen molar-refractivity contribution in [2.75, 3.05) is 0 Å². The fourth-order valence-corrected chi connectivity index (χ4v) is 5.21. The Labute approximate surface area is 177 Å². The molecule has 1 unspecified atom stereocenters. The van der Waals surface area contributed by atoms with Gasteiger partial charge in [0.2, 0.25) is 0 Å². The number of aromatic nitrogens is 2. The van der Waals surface area contributed by atoms with Crippen LogP contribution in [-0.2, 0) is 11.2 Å². The van der Waals surface area contributed by atoms with Crippen LogP contribution in [0.5, 0.6) is 0 Å². The third kappa shape index (κ3) is 4.49. The maximum absolute atomic E-state index is 11.9. The van der Waals surface area contributed by atoms with Crippen molar-refractivity contribution in [1.82, 2.24) is 9.97 Å². The van der Waals surface area contributed by atoms with Gasteiger partial charge in [0.15, 0.2) is 0 Å². The minimum atomic E-state index is -0.814. The SMILES string of the molecule is Cc1ccc(CCC(Sc2ncnc3scc(-c4ccccc4)c23)C(=O)O)cc1. The summed E-state index contributed by atoms with van der Waals surface area (Å²) in [6.45, 7) is 2.05. The van der Waals surface area contributed by atoms with Crippen LogP contribution >= 0.6 is 23.1 Å². The van der Waals surface area contributed by atoms with E-state index >= 15 is 0 Å². The lowest BCUT2D eigenvalue weighted by atomic mass is 10.1. The number of carboxylic acid groups (broad SMARTS) is 1. The normalized spacial score (nSPS) is 12.2. The molecule has 0 aliphatic rings. The highest BCUT2D eigenvalue weighted by Gasteiger charge is 2.23. The van der Waals surface area contributed by atoms with Gasteiger partial charge in [0.05, 0.1) is 5.39 Å². The van der Waals surface area contributed by atoms with Crippen LogP contribution in [0.3, 0.4) is 0 Å². The number of hydrogen-bond donors (Lipinski definition) is 1. The monoisotopic (exact) mass is 420 g/mol. The summed E-state index contributed by atoms with van der Waals surface area (Å²) < 4.78 is 0. The van der Waals surface area contributed by atoms with Crippen LogP contribution in [0.25, 0.3) is 21.3 Å². The number of rotatable bonds is 7. The lowest BCUT2D eigenvalue weighted by Gasteiger charge is -2.13. The maximum Gasteiger partial charge on any atom is 0.317 e. The summed E-state index contributed by atoms with van der Waals surface area (Å²) in [7, 11) is 0. The van der Waals surface area contributed by atoms with Crippen molar-refractivity contribution in [3.63, 3.8) is 0 Å². The zero-order valence-electron chi connectivity index (χ0n) is 15.9. The Balaban J connectivity index is 1.61. The van der Waals surface area contributed by atoms with Gasteiger partial charge >= 0.3 is 5.97 Å². The van der Waals surface area contributed by atoms with Gasteiger partial charge in [-0.25, -0.2) is 9.97 Å². The molecule has 0 saturated heterocycles. The smallest absolute Gasteiger partial charge is 0.317 e. The van der Waals surface area contributed by atoms with E-state index in [-0.39, 0.29) is 0 Å². The highest BCUT2D eigenvalue weighted by atomic mass is 32.2. The molecule has 0 amide bonds. The summed E-state index contributed by atoms with van der Waals surface area (Å²) in [6, 6.07) is 18.3. The lowest BCUT2D eigenvalue weighted by Crippen LogP contribution is -2.17. The molecule has 4 aromatic rings. The summed E-state index contributed by atoms with van der Waals surface area (Å²) in [6.07, 6.45) is 2.78. The molecule has 0 spiro atoms. The highest BCUT2D eigenvalue weighted by Crippen LogP contribution is 2.39. The lowest BCUT2D eigenvalue weighted by molar-refractivity contribution is -0.136. The van der Waals surface area contributed by atoms with Gasteiger partial charge in [-0.1, -0.05) is 71.9 Å². The number of aliphatic carboxylic acids is 1. The van der Waals surface area contributed by atoms with Crippen molar-refractivity contribution < 1.29 is 9.90 Å². The number of carboxylic acids is 1. The molecule has 1 atom stereocenters. The van der Waals surface area contributed by atoms with Gasteiger partial charge in [0.1, 0.15) is 21.4 Å².